The number of carbonyl (C=O) groups is 3. The van der Waals surface area contributed by atoms with Crippen molar-refractivity contribution in [2.75, 3.05) is 6.54 Å². The molecule has 1 saturated heterocycles. The van der Waals surface area contributed by atoms with Crippen LogP contribution in [-0.2, 0) is 25.7 Å². The van der Waals surface area contributed by atoms with Gasteiger partial charge in [0.25, 0.3) is 5.91 Å². The zero-order valence-corrected chi connectivity index (χ0v) is 12.0. The molecule has 0 bridgehead atoms. The maximum Gasteiger partial charge on any atom is 0.343 e. The molecule has 0 aromatic heterocycles. The first-order valence-electron chi connectivity index (χ1n) is 6.94. The number of likely N-dealkylation sites (tertiary alicyclic amines) is 1. The molecule has 1 fully saturated rings. The van der Waals surface area contributed by atoms with Crippen molar-refractivity contribution in [3.05, 3.63) is 48.0 Å². The molecule has 0 aliphatic carbocycles. The van der Waals surface area contributed by atoms with Crippen molar-refractivity contribution in [1.82, 2.24) is 4.90 Å². The van der Waals surface area contributed by atoms with Gasteiger partial charge in [-0.05, 0) is 18.4 Å². The molecule has 1 aliphatic heterocycles. The van der Waals surface area contributed by atoms with E-state index in [1.165, 1.54) is 0 Å². The van der Waals surface area contributed by atoms with Crippen molar-refractivity contribution >= 4 is 17.8 Å². The molecule has 1 amide bonds. The Kier molecular flexibility index (Phi) is 4.93. The number of hydrogen-bond acceptors (Lipinski definition) is 4. The first kappa shape index (κ1) is 15.8. The summed E-state index contributed by atoms with van der Waals surface area (Å²) in [4.78, 5) is 36.3. The van der Waals surface area contributed by atoms with E-state index in [1.807, 2.05) is 18.2 Å². The number of ether oxygens (including phenoxy) is 1. The summed E-state index contributed by atoms with van der Waals surface area (Å²) in [6.45, 7) is 3.79. The predicted molar refractivity (Wildman–Crippen MR) is 77.7 cm³/mol. The molecule has 1 aromatic rings. The van der Waals surface area contributed by atoms with Crippen molar-refractivity contribution in [3.63, 3.8) is 0 Å². The van der Waals surface area contributed by atoms with E-state index < -0.39 is 23.9 Å². The topological polar surface area (TPSA) is 83.9 Å². The first-order valence-corrected chi connectivity index (χ1v) is 6.94. The minimum atomic E-state index is -1.07. The van der Waals surface area contributed by atoms with Crippen LogP contribution in [0.1, 0.15) is 18.4 Å². The minimum Gasteiger partial charge on any atom is -0.480 e. The SMILES string of the molecule is C=C(C(=O)OCc1ccccc1)C(=O)N1CCC[C@@H]1C(=O)O. The largest absolute Gasteiger partial charge is 0.480 e. The van der Waals surface area contributed by atoms with Crippen molar-refractivity contribution in [1.29, 1.82) is 0 Å². The van der Waals surface area contributed by atoms with Crippen LogP contribution in [0.15, 0.2) is 42.5 Å². The van der Waals surface area contributed by atoms with Gasteiger partial charge in [0.15, 0.2) is 0 Å². The number of carboxylic acid groups (broad SMARTS) is 1. The lowest BCUT2D eigenvalue weighted by Gasteiger charge is -2.21. The van der Waals surface area contributed by atoms with E-state index >= 15 is 0 Å². The number of aliphatic carboxylic acids is 1. The second kappa shape index (κ2) is 6.89. The smallest absolute Gasteiger partial charge is 0.343 e. The molecule has 1 N–H and O–H groups in total. The number of rotatable bonds is 5. The first-order chi connectivity index (χ1) is 10.5. The van der Waals surface area contributed by atoms with E-state index in [1.54, 1.807) is 12.1 Å². The predicted octanol–water partition coefficient (Wildman–Crippen LogP) is 1.36. The Balaban J connectivity index is 1.94. The van der Waals surface area contributed by atoms with Gasteiger partial charge in [0.2, 0.25) is 0 Å². The molecule has 2 rings (SSSR count). The minimum absolute atomic E-state index is 0.0360. The quantitative estimate of drug-likeness (QED) is 0.384. The third kappa shape index (κ3) is 3.52. The van der Waals surface area contributed by atoms with E-state index in [4.69, 9.17) is 9.84 Å². The summed E-state index contributed by atoms with van der Waals surface area (Å²) in [5, 5.41) is 9.07. The van der Waals surface area contributed by atoms with E-state index in [9.17, 15) is 14.4 Å². The number of carbonyl (C=O) groups excluding carboxylic acids is 2. The van der Waals surface area contributed by atoms with E-state index in [0.717, 1.165) is 10.5 Å². The van der Waals surface area contributed by atoms with Crippen LogP contribution in [0.3, 0.4) is 0 Å². The number of esters is 1. The summed E-state index contributed by atoms with van der Waals surface area (Å²) in [6, 6.07) is 8.15. The van der Waals surface area contributed by atoms with Crippen LogP contribution in [0.2, 0.25) is 0 Å². The average molecular weight is 303 g/mol. The highest BCUT2D eigenvalue weighted by Crippen LogP contribution is 2.20. The fourth-order valence-electron chi connectivity index (χ4n) is 2.34. The van der Waals surface area contributed by atoms with Gasteiger partial charge in [0.1, 0.15) is 18.2 Å². The molecule has 0 saturated carbocycles. The summed E-state index contributed by atoms with van der Waals surface area (Å²) in [5.41, 5.74) is 0.449. The van der Waals surface area contributed by atoms with E-state index in [-0.39, 0.29) is 12.2 Å². The second-order valence-electron chi connectivity index (χ2n) is 5.04. The zero-order chi connectivity index (χ0) is 16.1. The molecule has 22 heavy (non-hydrogen) atoms. The standard InChI is InChI=1S/C16H17NO5/c1-11(14(18)17-9-5-8-13(17)15(19)20)16(21)22-10-12-6-3-2-4-7-12/h2-4,6-7,13H,1,5,8-10H2,(H,19,20)/t13-/m1/s1. The third-order valence-electron chi connectivity index (χ3n) is 3.52. The number of nitrogens with zero attached hydrogens (tertiary/aromatic N) is 1. The fraction of sp³-hybridized carbons (Fsp3) is 0.312. The maximum absolute atomic E-state index is 12.2. The van der Waals surface area contributed by atoms with Gasteiger partial charge in [-0.3, -0.25) is 4.79 Å². The number of carboxylic acids is 1. The normalized spacial score (nSPS) is 17.1. The maximum atomic E-state index is 12.2. The molecule has 0 spiro atoms. The highest BCUT2D eigenvalue weighted by molar-refractivity contribution is 6.16. The van der Waals surface area contributed by atoms with Crippen LogP contribution >= 0.6 is 0 Å². The van der Waals surface area contributed by atoms with Gasteiger partial charge in [-0.1, -0.05) is 36.9 Å². The lowest BCUT2D eigenvalue weighted by molar-refractivity contribution is -0.149. The van der Waals surface area contributed by atoms with E-state index in [2.05, 4.69) is 6.58 Å². The summed E-state index contributed by atoms with van der Waals surface area (Å²) in [7, 11) is 0. The number of benzene rings is 1. The van der Waals surface area contributed by atoms with Gasteiger partial charge in [-0.2, -0.15) is 0 Å². The van der Waals surface area contributed by atoms with Crippen LogP contribution in [0.5, 0.6) is 0 Å². The number of hydrogen-bond donors (Lipinski definition) is 1. The summed E-state index contributed by atoms with van der Waals surface area (Å²) >= 11 is 0. The van der Waals surface area contributed by atoms with Crippen LogP contribution in [0.25, 0.3) is 0 Å². The lowest BCUT2D eigenvalue weighted by Crippen LogP contribution is -2.42. The second-order valence-corrected chi connectivity index (χ2v) is 5.04. The molecular weight excluding hydrogens is 286 g/mol. The van der Waals surface area contributed by atoms with Gasteiger partial charge in [-0.15, -0.1) is 0 Å². The molecule has 1 heterocycles. The Morgan fingerprint density at radius 3 is 2.59 bits per heavy atom. The lowest BCUT2D eigenvalue weighted by atomic mass is 10.2. The van der Waals surface area contributed by atoms with Crippen LogP contribution < -0.4 is 0 Å². The molecule has 1 aromatic carbocycles. The van der Waals surface area contributed by atoms with Gasteiger partial charge >= 0.3 is 11.9 Å². The highest BCUT2D eigenvalue weighted by Gasteiger charge is 2.36. The molecule has 6 heteroatoms. The van der Waals surface area contributed by atoms with Crippen molar-refractivity contribution in [2.24, 2.45) is 0 Å². The molecule has 6 nitrogen and oxygen atoms in total. The van der Waals surface area contributed by atoms with Crippen LogP contribution in [0.4, 0.5) is 0 Å². The molecular formula is C16H17NO5. The van der Waals surface area contributed by atoms with Crippen molar-refractivity contribution < 1.29 is 24.2 Å². The van der Waals surface area contributed by atoms with Crippen molar-refractivity contribution in [2.45, 2.75) is 25.5 Å². The Morgan fingerprint density at radius 1 is 1.27 bits per heavy atom. The average Bonchev–Trinajstić information content (AvgIpc) is 3.02. The monoisotopic (exact) mass is 303 g/mol. The Bertz CT molecular complexity index is 596. The molecule has 1 atom stereocenters. The summed E-state index contributed by atoms with van der Waals surface area (Å²) in [5.74, 6) is -2.58. The molecule has 0 radical (unpaired) electrons. The number of amides is 1. The zero-order valence-electron chi connectivity index (χ0n) is 12.0. The summed E-state index contributed by atoms with van der Waals surface area (Å²) < 4.78 is 5.03. The molecule has 0 unspecified atom stereocenters. The van der Waals surface area contributed by atoms with Gasteiger partial charge < -0.3 is 14.7 Å². The van der Waals surface area contributed by atoms with Gasteiger partial charge in [0.05, 0.1) is 0 Å². The molecule has 116 valence electrons. The van der Waals surface area contributed by atoms with Crippen LogP contribution in [-0.4, -0.2) is 40.4 Å². The van der Waals surface area contributed by atoms with E-state index in [0.29, 0.717) is 19.4 Å². The Labute approximate surface area is 128 Å². The molecule has 1 aliphatic rings. The third-order valence-corrected chi connectivity index (χ3v) is 3.52. The highest BCUT2D eigenvalue weighted by atomic mass is 16.5. The Morgan fingerprint density at radius 2 is 1.95 bits per heavy atom. The van der Waals surface area contributed by atoms with Crippen molar-refractivity contribution in [3.8, 4) is 0 Å². The van der Waals surface area contributed by atoms with Gasteiger partial charge in [0, 0.05) is 6.54 Å². The fourth-order valence-corrected chi connectivity index (χ4v) is 2.34. The Hall–Kier alpha value is -2.63. The summed E-state index contributed by atoms with van der Waals surface area (Å²) in [6.07, 6.45) is 0.975. The van der Waals surface area contributed by atoms with Crippen LogP contribution in [0, 0.1) is 0 Å². The van der Waals surface area contributed by atoms with Gasteiger partial charge in [-0.25, -0.2) is 9.59 Å².